The van der Waals surface area contributed by atoms with Crippen LogP contribution in [0.5, 0.6) is 0 Å². The van der Waals surface area contributed by atoms with Crippen LogP contribution in [0.2, 0.25) is 0 Å². The molecule has 3 nitrogen and oxygen atoms in total. The molecule has 0 aromatic carbocycles. The Kier molecular flexibility index (Phi) is 3.88. The van der Waals surface area contributed by atoms with E-state index < -0.39 is 0 Å². The van der Waals surface area contributed by atoms with Crippen LogP contribution in [-0.4, -0.2) is 19.0 Å². The molecule has 0 rings (SSSR count). The highest BCUT2D eigenvalue weighted by Gasteiger charge is 1.88. The van der Waals surface area contributed by atoms with Crippen molar-refractivity contribution in [3.63, 3.8) is 0 Å². The van der Waals surface area contributed by atoms with Crippen molar-refractivity contribution in [2.45, 2.75) is 0 Å². The summed E-state index contributed by atoms with van der Waals surface area (Å²) in [5, 5.41) is 2.56. The molecule has 0 aliphatic rings. The summed E-state index contributed by atoms with van der Waals surface area (Å²) in [7, 11) is 0. The van der Waals surface area contributed by atoms with Gasteiger partial charge in [-0.3, -0.25) is 4.79 Å². The molecular weight excluding hydrogens is 104 g/mol. The van der Waals surface area contributed by atoms with E-state index in [1.807, 2.05) is 0 Å². The van der Waals surface area contributed by atoms with E-state index in [0.717, 1.165) is 6.54 Å². The second-order valence-corrected chi connectivity index (χ2v) is 1.35. The van der Waals surface area contributed by atoms with Gasteiger partial charge in [-0.15, -0.1) is 0 Å². The fraction of sp³-hybridized carbons (Fsp3) is 0.400. The molecule has 4 N–H and O–H groups in total. The lowest BCUT2D eigenvalue weighted by molar-refractivity contribution is -0.364. The highest BCUT2D eigenvalue weighted by atomic mass is 16.1. The fourth-order valence-electron chi connectivity index (χ4n) is 0.284. The zero-order valence-electron chi connectivity index (χ0n) is 4.81. The van der Waals surface area contributed by atoms with Crippen LogP contribution in [0.1, 0.15) is 0 Å². The number of hydrogen-bond donors (Lipinski definition) is 2. The zero-order chi connectivity index (χ0) is 6.41. The molecule has 0 bridgehead atoms. The van der Waals surface area contributed by atoms with E-state index in [2.05, 4.69) is 17.6 Å². The van der Waals surface area contributed by atoms with Gasteiger partial charge >= 0.3 is 0 Å². The average Bonchev–Trinajstić information content (AvgIpc) is 1.83. The van der Waals surface area contributed by atoms with Gasteiger partial charge in [-0.2, -0.15) is 0 Å². The molecular formula is C5H11N2O+. The van der Waals surface area contributed by atoms with Gasteiger partial charge in [-0.25, -0.2) is 0 Å². The van der Waals surface area contributed by atoms with Crippen LogP contribution < -0.4 is 11.1 Å². The van der Waals surface area contributed by atoms with Crippen molar-refractivity contribution in [3.05, 3.63) is 12.7 Å². The van der Waals surface area contributed by atoms with Gasteiger partial charge in [0.15, 0.2) is 0 Å². The van der Waals surface area contributed by atoms with Crippen LogP contribution in [0.25, 0.3) is 0 Å². The summed E-state index contributed by atoms with van der Waals surface area (Å²) in [5.41, 5.74) is 3.54. The number of carbonyl (C=O) groups excluding carboxylic acids is 1. The third-order valence-corrected chi connectivity index (χ3v) is 0.661. The van der Waals surface area contributed by atoms with Crippen LogP contribution >= 0.6 is 0 Å². The molecule has 0 saturated carbocycles. The van der Waals surface area contributed by atoms with E-state index in [4.69, 9.17) is 0 Å². The van der Waals surface area contributed by atoms with Gasteiger partial charge in [0.05, 0.1) is 13.1 Å². The molecule has 1 amide bonds. The molecule has 8 heavy (non-hydrogen) atoms. The zero-order valence-corrected chi connectivity index (χ0v) is 4.81. The van der Waals surface area contributed by atoms with E-state index in [9.17, 15) is 4.79 Å². The van der Waals surface area contributed by atoms with Crippen LogP contribution in [0.15, 0.2) is 12.7 Å². The van der Waals surface area contributed by atoms with Crippen molar-refractivity contribution in [1.29, 1.82) is 0 Å². The third-order valence-electron chi connectivity index (χ3n) is 0.661. The largest absolute Gasteiger partial charge is 0.356 e. The van der Waals surface area contributed by atoms with Gasteiger partial charge < -0.3 is 11.1 Å². The molecule has 0 fully saturated rings. The molecule has 46 valence electrons. The number of rotatable bonds is 3. The Balaban J connectivity index is 3.11. The van der Waals surface area contributed by atoms with E-state index in [1.165, 1.54) is 6.08 Å². The Morgan fingerprint density at radius 1 is 1.88 bits per heavy atom. The van der Waals surface area contributed by atoms with Crippen LogP contribution in [0, 0.1) is 0 Å². The average molecular weight is 115 g/mol. The van der Waals surface area contributed by atoms with Crippen molar-refractivity contribution >= 4 is 5.91 Å². The van der Waals surface area contributed by atoms with Crippen LogP contribution in [-0.2, 0) is 4.79 Å². The van der Waals surface area contributed by atoms with Gasteiger partial charge in [0.1, 0.15) is 0 Å². The highest BCUT2D eigenvalue weighted by Crippen LogP contribution is 1.61. The second kappa shape index (κ2) is 4.33. The van der Waals surface area contributed by atoms with Gasteiger partial charge in [-0.05, 0) is 6.08 Å². The minimum absolute atomic E-state index is 0.131. The highest BCUT2D eigenvalue weighted by molar-refractivity contribution is 5.86. The van der Waals surface area contributed by atoms with Crippen molar-refractivity contribution in [2.75, 3.05) is 13.1 Å². The SMILES string of the molecule is C=CC(=O)NCC[NH3+]. The standard InChI is InChI=1S/C5H10N2O/c1-2-5(8)7-4-3-6/h2H,1,3-4,6H2,(H,7,8)/p+1. The third kappa shape index (κ3) is 3.36. The number of carbonyl (C=O) groups is 1. The molecule has 0 aliphatic carbocycles. The Bertz CT molecular complexity index is 90.4. The number of nitrogens with one attached hydrogen (secondary N) is 1. The first-order chi connectivity index (χ1) is 3.81. The predicted octanol–water partition coefficient (Wildman–Crippen LogP) is -1.47. The number of amides is 1. The predicted molar refractivity (Wildman–Crippen MR) is 31.0 cm³/mol. The normalized spacial score (nSPS) is 8.12. The van der Waals surface area contributed by atoms with E-state index in [-0.39, 0.29) is 5.91 Å². The topological polar surface area (TPSA) is 56.7 Å². The molecule has 0 aromatic rings. The minimum Gasteiger partial charge on any atom is -0.356 e. The molecule has 0 aliphatic heterocycles. The lowest BCUT2D eigenvalue weighted by Crippen LogP contribution is -2.54. The van der Waals surface area contributed by atoms with Crippen LogP contribution in [0.4, 0.5) is 0 Å². The number of quaternary nitrogens is 1. The van der Waals surface area contributed by atoms with Crippen molar-refractivity contribution in [1.82, 2.24) is 5.32 Å². The lowest BCUT2D eigenvalue weighted by atomic mass is 10.5. The Hall–Kier alpha value is -0.830. The quantitative estimate of drug-likeness (QED) is 0.433. The monoisotopic (exact) mass is 115 g/mol. The Morgan fingerprint density at radius 2 is 2.50 bits per heavy atom. The molecule has 0 atom stereocenters. The minimum atomic E-state index is -0.131. The second-order valence-electron chi connectivity index (χ2n) is 1.35. The molecule has 0 radical (unpaired) electrons. The molecule has 0 aromatic heterocycles. The van der Waals surface area contributed by atoms with Crippen molar-refractivity contribution in [2.24, 2.45) is 0 Å². The van der Waals surface area contributed by atoms with E-state index >= 15 is 0 Å². The lowest BCUT2D eigenvalue weighted by Gasteiger charge is -1.93. The molecule has 0 unspecified atom stereocenters. The maximum atomic E-state index is 10.3. The maximum Gasteiger partial charge on any atom is 0.243 e. The van der Waals surface area contributed by atoms with E-state index in [0.29, 0.717) is 6.54 Å². The van der Waals surface area contributed by atoms with Gasteiger partial charge in [0.25, 0.3) is 0 Å². The van der Waals surface area contributed by atoms with Crippen molar-refractivity contribution in [3.8, 4) is 0 Å². The summed E-state index contributed by atoms with van der Waals surface area (Å²) in [4.78, 5) is 10.3. The number of hydrogen-bond acceptors (Lipinski definition) is 1. The maximum absolute atomic E-state index is 10.3. The summed E-state index contributed by atoms with van der Waals surface area (Å²) < 4.78 is 0. The van der Waals surface area contributed by atoms with Gasteiger partial charge in [0.2, 0.25) is 5.91 Å². The summed E-state index contributed by atoms with van der Waals surface area (Å²) in [6, 6.07) is 0. The molecule has 0 heterocycles. The summed E-state index contributed by atoms with van der Waals surface area (Å²) >= 11 is 0. The fourth-order valence-corrected chi connectivity index (χ4v) is 0.284. The van der Waals surface area contributed by atoms with Crippen LogP contribution in [0.3, 0.4) is 0 Å². The molecule has 0 saturated heterocycles. The van der Waals surface area contributed by atoms with Gasteiger partial charge in [0, 0.05) is 0 Å². The summed E-state index contributed by atoms with van der Waals surface area (Å²) in [5.74, 6) is -0.131. The first-order valence-corrected chi connectivity index (χ1v) is 2.50. The summed E-state index contributed by atoms with van der Waals surface area (Å²) in [6.07, 6.45) is 1.25. The smallest absolute Gasteiger partial charge is 0.243 e. The molecule has 0 spiro atoms. The molecule has 3 heteroatoms. The first kappa shape index (κ1) is 7.17. The Morgan fingerprint density at radius 3 is 2.88 bits per heavy atom. The summed E-state index contributed by atoms with van der Waals surface area (Å²) in [6.45, 7) is 4.63. The van der Waals surface area contributed by atoms with Crippen molar-refractivity contribution < 1.29 is 10.5 Å². The Labute approximate surface area is 48.6 Å². The van der Waals surface area contributed by atoms with Gasteiger partial charge in [-0.1, -0.05) is 6.58 Å². The first-order valence-electron chi connectivity index (χ1n) is 2.50. The van der Waals surface area contributed by atoms with E-state index in [1.54, 1.807) is 0 Å².